The van der Waals surface area contributed by atoms with E-state index in [0.717, 1.165) is 16.9 Å². The number of Topliss-reactive ketones (excluding diaryl/α,β-unsaturated/α-hetero) is 1. The summed E-state index contributed by atoms with van der Waals surface area (Å²) in [5.41, 5.74) is 2.27. The minimum atomic E-state index is 0.0931. The molecule has 0 bridgehead atoms. The van der Waals surface area contributed by atoms with E-state index in [0.29, 0.717) is 26.2 Å². The first-order valence-electron chi connectivity index (χ1n) is 7.26. The summed E-state index contributed by atoms with van der Waals surface area (Å²) >= 11 is 0. The predicted molar refractivity (Wildman–Crippen MR) is 82.7 cm³/mol. The van der Waals surface area contributed by atoms with Crippen molar-refractivity contribution >= 4 is 5.78 Å². The Morgan fingerprint density at radius 3 is 2.67 bits per heavy atom. The third-order valence-corrected chi connectivity index (χ3v) is 3.49. The highest BCUT2D eigenvalue weighted by Crippen LogP contribution is 2.22. The Morgan fingerprint density at radius 2 is 2.05 bits per heavy atom. The molecule has 112 valence electrons. The van der Waals surface area contributed by atoms with Crippen molar-refractivity contribution in [1.82, 2.24) is 0 Å². The number of rotatable bonds is 7. The van der Waals surface area contributed by atoms with Crippen LogP contribution in [0.1, 0.15) is 25.8 Å². The molecule has 21 heavy (non-hydrogen) atoms. The highest BCUT2D eigenvalue weighted by atomic mass is 16.5. The molecule has 1 unspecified atom stereocenters. The van der Waals surface area contributed by atoms with Gasteiger partial charge in [-0.1, -0.05) is 36.4 Å². The largest absolute Gasteiger partial charge is 0.494 e. The van der Waals surface area contributed by atoms with Crippen molar-refractivity contribution in [3.8, 4) is 0 Å². The molecule has 0 saturated heterocycles. The van der Waals surface area contributed by atoms with E-state index in [9.17, 15) is 4.79 Å². The van der Waals surface area contributed by atoms with Crippen LogP contribution in [0.5, 0.6) is 0 Å². The summed E-state index contributed by atoms with van der Waals surface area (Å²) in [6.45, 7) is 5.21. The highest BCUT2D eigenvalue weighted by Gasteiger charge is 2.19. The Morgan fingerprint density at radius 1 is 1.29 bits per heavy atom. The zero-order chi connectivity index (χ0) is 15.1. The fraction of sp³-hybridized carbons (Fsp3) is 0.389. The summed E-state index contributed by atoms with van der Waals surface area (Å²) in [6, 6.07) is 10.1. The summed E-state index contributed by atoms with van der Waals surface area (Å²) in [4.78, 5) is 11.5. The minimum absolute atomic E-state index is 0.0931. The monoisotopic (exact) mass is 286 g/mol. The Labute approximate surface area is 126 Å². The van der Waals surface area contributed by atoms with Gasteiger partial charge in [0.15, 0.2) is 0 Å². The number of carbonyl (C=O) groups is 1. The van der Waals surface area contributed by atoms with E-state index in [4.69, 9.17) is 9.47 Å². The van der Waals surface area contributed by atoms with Crippen LogP contribution in [0, 0.1) is 5.92 Å². The van der Waals surface area contributed by atoms with E-state index in [1.54, 1.807) is 6.92 Å². The van der Waals surface area contributed by atoms with E-state index < -0.39 is 0 Å². The molecule has 0 radical (unpaired) electrons. The van der Waals surface area contributed by atoms with E-state index in [2.05, 4.69) is 6.08 Å². The molecule has 0 aromatic heterocycles. The number of hydrogen-bond acceptors (Lipinski definition) is 3. The quantitative estimate of drug-likeness (QED) is 0.767. The SMILES string of the molecule is CC(=O)CC(COCc1ccccc1)C1=CC=C(C)OC1. The van der Waals surface area contributed by atoms with Crippen LogP contribution in [0.2, 0.25) is 0 Å². The molecule has 1 aliphatic heterocycles. The Bertz CT molecular complexity index is 529. The molecular weight excluding hydrogens is 264 g/mol. The van der Waals surface area contributed by atoms with Crippen molar-refractivity contribution in [2.45, 2.75) is 26.9 Å². The van der Waals surface area contributed by atoms with Crippen LogP contribution < -0.4 is 0 Å². The van der Waals surface area contributed by atoms with E-state index in [-0.39, 0.29) is 11.7 Å². The van der Waals surface area contributed by atoms with Crippen molar-refractivity contribution < 1.29 is 14.3 Å². The van der Waals surface area contributed by atoms with Crippen molar-refractivity contribution in [2.75, 3.05) is 13.2 Å². The molecule has 1 heterocycles. The number of carbonyl (C=O) groups excluding carboxylic acids is 1. The zero-order valence-electron chi connectivity index (χ0n) is 12.7. The topological polar surface area (TPSA) is 35.5 Å². The van der Waals surface area contributed by atoms with Gasteiger partial charge >= 0.3 is 0 Å². The van der Waals surface area contributed by atoms with Crippen LogP contribution >= 0.6 is 0 Å². The van der Waals surface area contributed by atoms with Crippen molar-refractivity contribution in [2.24, 2.45) is 5.92 Å². The standard InChI is InChI=1S/C18H22O3/c1-14(19)10-18(17-9-8-15(2)21-13-17)12-20-11-16-6-4-3-5-7-16/h3-9,18H,10-13H2,1-2H3. The molecule has 0 aliphatic carbocycles. The summed E-state index contributed by atoms with van der Waals surface area (Å²) in [5, 5.41) is 0. The molecule has 3 nitrogen and oxygen atoms in total. The first-order valence-corrected chi connectivity index (χ1v) is 7.26. The lowest BCUT2D eigenvalue weighted by Gasteiger charge is -2.22. The third kappa shape index (κ3) is 5.20. The van der Waals surface area contributed by atoms with Gasteiger partial charge < -0.3 is 14.3 Å². The number of ketones is 1. The molecule has 0 spiro atoms. The molecule has 1 aromatic carbocycles. The number of hydrogen-bond donors (Lipinski definition) is 0. The molecule has 2 rings (SSSR count). The summed E-state index contributed by atoms with van der Waals surface area (Å²) in [6.07, 6.45) is 4.50. The maximum Gasteiger partial charge on any atom is 0.130 e. The first kappa shape index (κ1) is 15.5. The summed E-state index contributed by atoms with van der Waals surface area (Å²) in [5.74, 6) is 1.18. The summed E-state index contributed by atoms with van der Waals surface area (Å²) in [7, 11) is 0. The van der Waals surface area contributed by atoms with Gasteiger partial charge in [-0.05, 0) is 31.1 Å². The van der Waals surface area contributed by atoms with Crippen LogP contribution in [0.15, 0.2) is 53.8 Å². The smallest absolute Gasteiger partial charge is 0.130 e. The first-order chi connectivity index (χ1) is 10.1. The third-order valence-electron chi connectivity index (χ3n) is 3.49. The molecule has 0 amide bonds. The minimum Gasteiger partial charge on any atom is -0.494 e. The maximum atomic E-state index is 11.5. The molecule has 1 atom stereocenters. The van der Waals surface area contributed by atoms with Crippen LogP contribution in [0.25, 0.3) is 0 Å². The Hall–Kier alpha value is -1.87. The van der Waals surface area contributed by atoms with E-state index in [1.807, 2.05) is 43.3 Å². The Kier molecular flexibility index (Phi) is 5.76. The van der Waals surface area contributed by atoms with Gasteiger partial charge in [-0.2, -0.15) is 0 Å². The molecule has 3 heteroatoms. The molecule has 0 saturated carbocycles. The normalized spacial score (nSPS) is 15.7. The number of ether oxygens (including phenoxy) is 2. The molecule has 1 aromatic rings. The lowest BCUT2D eigenvalue weighted by Crippen LogP contribution is -2.20. The van der Waals surface area contributed by atoms with Crippen LogP contribution in [0.4, 0.5) is 0 Å². The molecule has 0 fully saturated rings. The molecule has 1 aliphatic rings. The average molecular weight is 286 g/mol. The second kappa shape index (κ2) is 7.79. The lowest BCUT2D eigenvalue weighted by molar-refractivity contribution is -0.118. The van der Waals surface area contributed by atoms with Gasteiger partial charge in [0.25, 0.3) is 0 Å². The lowest BCUT2D eigenvalue weighted by atomic mass is 9.94. The number of benzene rings is 1. The van der Waals surface area contributed by atoms with Crippen molar-refractivity contribution in [1.29, 1.82) is 0 Å². The molecule has 0 N–H and O–H groups in total. The second-order valence-corrected chi connectivity index (χ2v) is 5.41. The van der Waals surface area contributed by atoms with Crippen molar-refractivity contribution in [3.05, 3.63) is 59.4 Å². The van der Waals surface area contributed by atoms with Gasteiger partial charge in [-0.15, -0.1) is 0 Å². The van der Waals surface area contributed by atoms with Gasteiger partial charge in [0.1, 0.15) is 12.4 Å². The average Bonchev–Trinajstić information content (AvgIpc) is 2.48. The van der Waals surface area contributed by atoms with Gasteiger partial charge in [-0.3, -0.25) is 0 Å². The van der Waals surface area contributed by atoms with E-state index >= 15 is 0 Å². The fourth-order valence-corrected chi connectivity index (χ4v) is 2.31. The van der Waals surface area contributed by atoms with Crippen LogP contribution in [-0.2, 0) is 20.9 Å². The number of allylic oxidation sites excluding steroid dienone is 3. The van der Waals surface area contributed by atoms with Gasteiger partial charge in [0.2, 0.25) is 0 Å². The fourth-order valence-electron chi connectivity index (χ4n) is 2.31. The predicted octanol–water partition coefficient (Wildman–Crippen LogP) is 3.66. The van der Waals surface area contributed by atoms with Gasteiger partial charge in [-0.25, -0.2) is 0 Å². The van der Waals surface area contributed by atoms with Crippen molar-refractivity contribution in [3.63, 3.8) is 0 Å². The van der Waals surface area contributed by atoms with Crippen LogP contribution in [-0.4, -0.2) is 19.0 Å². The zero-order valence-corrected chi connectivity index (χ0v) is 12.7. The second-order valence-electron chi connectivity index (χ2n) is 5.41. The highest BCUT2D eigenvalue weighted by molar-refractivity contribution is 5.76. The Balaban J connectivity index is 1.92. The molecular formula is C18H22O3. The van der Waals surface area contributed by atoms with Gasteiger partial charge in [0, 0.05) is 12.3 Å². The van der Waals surface area contributed by atoms with Crippen LogP contribution in [0.3, 0.4) is 0 Å². The summed E-state index contributed by atoms with van der Waals surface area (Å²) < 4.78 is 11.3. The van der Waals surface area contributed by atoms with E-state index in [1.165, 1.54) is 0 Å². The maximum absolute atomic E-state index is 11.5. The van der Waals surface area contributed by atoms with Gasteiger partial charge in [0.05, 0.1) is 19.0 Å².